The molecular weight excluding hydrogens is 359 g/mol. The Morgan fingerprint density at radius 2 is 1.62 bits per heavy atom. The molecule has 2 N–H and O–H groups in total. The molecule has 132 valence electrons. The number of carbonyl (C=O) groups is 2. The lowest BCUT2D eigenvalue weighted by Crippen LogP contribution is -2.42. The molecule has 2 amide bonds. The number of hydrogen-bond acceptors (Lipinski definition) is 3. The van der Waals surface area contributed by atoms with Crippen LogP contribution in [0.3, 0.4) is 0 Å². The summed E-state index contributed by atoms with van der Waals surface area (Å²) in [6.45, 7) is 1.62. The van der Waals surface area contributed by atoms with Crippen LogP contribution < -0.4 is 10.9 Å². The number of para-hydroxylation sites is 1. The number of nitrogens with zero attached hydrogens (tertiary/aromatic N) is 2. The Morgan fingerprint density at radius 1 is 1.00 bits per heavy atom. The van der Waals surface area contributed by atoms with Crippen molar-refractivity contribution < 1.29 is 14.0 Å². The van der Waals surface area contributed by atoms with Crippen molar-refractivity contribution in [3.63, 3.8) is 0 Å². The topological polar surface area (TPSA) is 76.0 Å². The predicted octanol–water partition coefficient (Wildman–Crippen LogP) is 3.05. The van der Waals surface area contributed by atoms with E-state index >= 15 is 0 Å². The summed E-state index contributed by atoms with van der Waals surface area (Å²) in [5.41, 5.74) is 5.40. The van der Waals surface area contributed by atoms with E-state index in [2.05, 4.69) is 16.0 Å². The van der Waals surface area contributed by atoms with Crippen LogP contribution in [0.2, 0.25) is 5.15 Å². The summed E-state index contributed by atoms with van der Waals surface area (Å²) in [7, 11) is 0. The van der Waals surface area contributed by atoms with Crippen LogP contribution in [-0.4, -0.2) is 21.6 Å². The molecule has 3 aromatic rings. The van der Waals surface area contributed by atoms with Crippen LogP contribution in [0.1, 0.15) is 26.4 Å². The first-order valence-electron chi connectivity index (χ1n) is 7.65. The Bertz CT molecular complexity index is 973. The number of nitrogens with one attached hydrogen (secondary N) is 2. The molecule has 0 spiro atoms. The number of hydrogen-bond donors (Lipinski definition) is 2. The maximum Gasteiger partial charge on any atom is 0.274 e. The Morgan fingerprint density at radius 3 is 2.31 bits per heavy atom. The van der Waals surface area contributed by atoms with Crippen LogP contribution in [0.25, 0.3) is 5.69 Å². The molecule has 0 aliphatic heterocycles. The van der Waals surface area contributed by atoms with Crippen molar-refractivity contribution in [2.24, 2.45) is 0 Å². The number of carbonyl (C=O) groups excluding carboxylic acids is 2. The van der Waals surface area contributed by atoms with Gasteiger partial charge >= 0.3 is 0 Å². The minimum atomic E-state index is -0.777. The summed E-state index contributed by atoms with van der Waals surface area (Å²) >= 11 is 6.28. The van der Waals surface area contributed by atoms with Crippen LogP contribution in [0.5, 0.6) is 0 Å². The Hall–Kier alpha value is -3.19. The summed E-state index contributed by atoms with van der Waals surface area (Å²) in [5, 5.41) is 4.36. The number of halogens is 2. The number of amides is 2. The molecule has 0 bridgehead atoms. The molecule has 8 heteroatoms. The van der Waals surface area contributed by atoms with E-state index in [1.807, 2.05) is 18.2 Å². The number of rotatable bonds is 3. The summed E-state index contributed by atoms with van der Waals surface area (Å²) in [6, 6.07) is 14.5. The van der Waals surface area contributed by atoms with Gasteiger partial charge in [-0.15, -0.1) is 0 Å². The van der Waals surface area contributed by atoms with Gasteiger partial charge in [0, 0.05) is 0 Å². The molecule has 0 saturated carbocycles. The quantitative estimate of drug-likeness (QED) is 0.694. The maximum atomic E-state index is 13.6. The van der Waals surface area contributed by atoms with Crippen molar-refractivity contribution in [2.45, 2.75) is 6.92 Å². The Balaban J connectivity index is 1.78. The average molecular weight is 373 g/mol. The number of hydrazine groups is 1. The lowest BCUT2D eigenvalue weighted by atomic mass is 10.2. The van der Waals surface area contributed by atoms with Gasteiger partial charge in [0.2, 0.25) is 0 Å². The number of aryl methyl sites for hydroxylation is 1. The van der Waals surface area contributed by atoms with Crippen molar-refractivity contribution in [3.05, 3.63) is 82.4 Å². The Kier molecular flexibility index (Phi) is 4.99. The fourth-order valence-corrected chi connectivity index (χ4v) is 2.74. The van der Waals surface area contributed by atoms with Gasteiger partial charge in [-0.2, -0.15) is 5.10 Å². The van der Waals surface area contributed by atoms with E-state index in [0.29, 0.717) is 11.4 Å². The van der Waals surface area contributed by atoms with Gasteiger partial charge in [-0.1, -0.05) is 41.9 Å². The van der Waals surface area contributed by atoms with Crippen LogP contribution in [-0.2, 0) is 0 Å². The van der Waals surface area contributed by atoms with E-state index in [1.54, 1.807) is 19.1 Å². The molecule has 1 heterocycles. The molecule has 0 radical (unpaired) electrons. The minimum Gasteiger partial charge on any atom is -0.267 e. The number of aromatic nitrogens is 2. The lowest BCUT2D eigenvalue weighted by molar-refractivity contribution is 0.0844. The smallest absolute Gasteiger partial charge is 0.267 e. The highest BCUT2D eigenvalue weighted by Crippen LogP contribution is 2.23. The van der Waals surface area contributed by atoms with Crippen LogP contribution in [0, 0.1) is 12.7 Å². The monoisotopic (exact) mass is 372 g/mol. The predicted molar refractivity (Wildman–Crippen MR) is 94.6 cm³/mol. The molecule has 1 aromatic heterocycles. The fraction of sp³-hybridized carbons (Fsp3) is 0.0556. The van der Waals surface area contributed by atoms with Crippen LogP contribution >= 0.6 is 11.6 Å². The molecule has 6 nitrogen and oxygen atoms in total. The zero-order chi connectivity index (χ0) is 18.7. The van der Waals surface area contributed by atoms with Gasteiger partial charge in [0.15, 0.2) is 0 Å². The molecule has 26 heavy (non-hydrogen) atoms. The van der Waals surface area contributed by atoms with E-state index in [-0.39, 0.29) is 16.3 Å². The second-order valence-electron chi connectivity index (χ2n) is 5.39. The highest BCUT2D eigenvalue weighted by Gasteiger charge is 2.22. The second-order valence-corrected chi connectivity index (χ2v) is 5.74. The third-order valence-electron chi connectivity index (χ3n) is 3.64. The molecule has 0 atom stereocenters. The third kappa shape index (κ3) is 3.43. The third-order valence-corrected chi connectivity index (χ3v) is 3.99. The summed E-state index contributed by atoms with van der Waals surface area (Å²) in [5.74, 6) is -2.12. The molecule has 2 aromatic carbocycles. The SMILES string of the molecule is Cc1nn(-c2ccccc2)c(Cl)c1C(=O)NNC(=O)c1ccccc1F. The summed E-state index contributed by atoms with van der Waals surface area (Å²) in [6.07, 6.45) is 0. The average Bonchev–Trinajstić information content (AvgIpc) is 2.95. The largest absolute Gasteiger partial charge is 0.274 e. The highest BCUT2D eigenvalue weighted by molar-refractivity contribution is 6.33. The van der Waals surface area contributed by atoms with Gasteiger partial charge in [0.25, 0.3) is 11.8 Å². The molecule has 0 saturated heterocycles. The van der Waals surface area contributed by atoms with Crippen molar-refractivity contribution in [2.75, 3.05) is 0 Å². The van der Waals surface area contributed by atoms with E-state index < -0.39 is 17.6 Å². The van der Waals surface area contributed by atoms with Gasteiger partial charge in [-0.25, -0.2) is 9.07 Å². The normalized spacial score (nSPS) is 10.4. The molecule has 0 unspecified atom stereocenters. The van der Waals surface area contributed by atoms with E-state index in [9.17, 15) is 14.0 Å². The van der Waals surface area contributed by atoms with Gasteiger partial charge in [0.05, 0.1) is 16.9 Å². The van der Waals surface area contributed by atoms with Gasteiger partial charge in [0.1, 0.15) is 16.5 Å². The molecule has 3 rings (SSSR count). The molecule has 0 aliphatic carbocycles. The first kappa shape index (κ1) is 17.6. The second kappa shape index (κ2) is 7.37. The summed E-state index contributed by atoms with van der Waals surface area (Å²) in [4.78, 5) is 24.4. The minimum absolute atomic E-state index is 0.103. The van der Waals surface area contributed by atoms with Crippen molar-refractivity contribution in [3.8, 4) is 5.69 Å². The van der Waals surface area contributed by atoms with Crippen molar-refractivity contribution in [1.29, 1.82) is 0 Å². The van der Waals surface area contributed by atoms with Gasteiger partial charge < -0.3 is 0 Å². The van der Waals surface area contributed by atoms with Crippen molar-refractivity contribution >= 4 is 23.4 Å². The van der Waals surface area contributed by atoms with E-state index in [1.165, 1.54) is 22.9 Å². The van der Waals surface area contributed by atoms with Crippen molar-refractivity contribution in [1.82, 2.24) is 20.6 Å². The van der Waals surface area contributed by atoms with Gasteiger partial charge in [-0.05, 0) is 31.2 Å². The van der Waals surface area contributed by atoms with Gasteiger partial charge in [-0.3, -0.25) is 20.4 Å². The first-order valence-corrected chi connectivity index (χ1v) is 8.02. The zero-order valence-corrected chi connectivity index (χ0v) is 14.4. The molecular formula is C18H14ClFN4O2. The fourth-order valence-electron chi connectivity index (χ4n) is 2.39. The molecule has 0 aliphatic rings. The lowest BCUT2D eigenvalue weighted by Gasteiger charge is -2.08. The Labute approximate surface area is 153 Å². The first-order chi connectivity index (χ1) is 12.5. The highest BCUT2D eigenvalue weighted by atomic mass is 35.5. The van der Waals surface area contributed by atoms with E-state index in [4.69, 9.17) is 11.6 Å². The zero-order valence-electron chi connectivity index (χ0n) is 13.7. The number of benzene rings is 2. The van der Waals surface area contributed by atoms with Crippen LogP contribution in [0.4, 0.5) is 4.39 Å². The standard InChI is InChI=1S/C18H14ClFN4O2/c1-11-15(16(19)24(23-11)12-7-3-2-4-8-12)18(26)22-21-17(25)13-9-5-6-10-14(13)20/h2-10H,1H3,(H,21,25)(H,22,26). The van der Waals surface area contributed by atoms with E-state index in [0.717, 1.165) is 6.07 Å². The maximum absolute atomic E-state index is 13.6. The molecule has 0 fully saturated rings. The summed E-state index contributed by atoms with van der Waals surface area (Å²) < 4.78 is 15.0. The van der Waals surface area contributed by atoms with Crippen LogP contribution in [0.15, 0.2) is 54.6 Å².